The Kier molecular flexibility index (Phi) is 6.26. The fourth-order valence-electron chi connectivity index (χ4n) is 3.60. The number of hydrogen-bond donors (Lipinski definition) is 2. The van der Waals surface area contributed by atoms with E-state index in [1.54, 1.807) is 0 Å². The van der Waals surface area contributed by atoms with Crippen LogP contribution in [0.25, 0.3) is 11.3 Å². The predicted octanol–water partition coefficient (Wildman–Crippen LogP) is 4.05. The van der Waals surface area contributed by atoms with Gasteiger partial charge in [-0.1, -0.05) is 26.7 Å². The molecule has 0 aliphatic heterocycles. The summed E-state index contributed by atoms with van der Waals surface area (Å²) in [5.74, 6) is 0. The second-order valence-corrected chi connectivity index (χ2v) is 6.98. The average molecular weight is 355 g/mol. The molecule has 2 aromatic rings. The summed E-state index contributed by atoms with van der Waals surface area (Å²) in [5.41, 5.74) is 3.12. The van der Waals surface area contributed by atoms with Gasteiger partial charge in [-0.05, 0) is 43.9 Å². The molecule has 0 saturated heterocycles. The largest absolute Gasteiger partial charge is 0.335 e. The van der Waals surface area contributed by atoms with Gasteiger partial charge in [-0.15, -0.1) is 0 Å². The van der Waals surface area contributed by atoms with Gasteiger partial charge in [0.25, 0.3) is 0 Å². The molecule has 2 N–H and O–H groups in total. The van der Waals surface area contributed by atoms with Crippen LogP contribution in [0.4, 0.5) is 4.79 Å². The van der Waals surface area contributed by atoms with Gasteiger partial charge in [-0.3, -0.25) is 9.67 Å². The van der Waals surface area contributed by atoms with Crippen molar-refractivity contribution in [1.29, 1.82) is 0 Å². The second kappa shape index (κ2) is 8.83. The number of carbonyl (C=O) groups excluding carboxylic acids is 1. The molecule has 0 unspecified atom stereocenters. The number of pyridine rings is 1. The van der Waals surface area contributed by atoms with Gasteiger partial charge >= 0.3 is 6.03 Å². The lowest BCUT2D eigenvalue weighted by Gasteiger charge is -2.15. The van der Waals surface area contributed by atoms with Gasteiger partial charge in [-0.2, -0.15) is 5.10 Å². The Bertz CT molecular complexity index is 702. The first kappa shape index (κ1) is 18.4. The molecule has 1 fully saturated rings. The van der Waals surface area contributed by atoms with Gasteiger partial charge in [0.15, 0.2) is 0 Å². The highest BCUT2D eigenvalue weighted by Crippen LogP contribution is 2.33. The van der Waals surface area contributed by atoms with Crippen molar-refractivity contribution < 1.29 is 4.79 Å². The van der Waals surface area contributed by atoms with Crippen LogP contribution < -0.4 is 10.6 Å². The average Bonchev–Trinajstić information content (AvgIpc) is 3.34. The molecule has 1 aliphatic carbocycles. The van der Waals surface area contributed by atoms with Crippen molar-refractivity contribution in [2.45, 2.75) is 71.0 Å². The van der Waals surface area contributed by atoms with Crippen LogP contribution in [0.5, 0.6) is 0 Å². The third-order valence-corrected chi connectivity index (χ3v) is 5.18. The molecular weight excluding hydrogens is 326 g/mol. The van der Waals surface area contributed by atoms with E-state index in [1.807, 2.05) is 24.5 Å². The first-order chi connectivity index (χ1) is 12.7. The van der Waals surface area contributed by atoms with E-state index in [0.29, 0.717) is 12.6 Å². The summed E-state index contributed by atoms with van der Waals surface area (Å²) in [6.45, 7) is 4.60. The molecule has 2 aromatic heterocycles. The summed E-state index contributed by atoms with van der Waals surface area (Å²) in [6.07, 6.45) is 10.3. The molecule has 2 heterocycles. The number of rotatable bonds is 7. The minimum atomic E-state index is -0.125. The highest BCUT2D eigenvalue weighted by molar-refractivity contribution is 5.74. The van der Waals surface area contributed by atoms with E-state index in [-0.39, 0.29) is 12.1 Å². The van der Waals surface area contributed by atoms with Crippen molar-refractivity contribution in [2.75, 3.05) is 0 Å². The van der Waals surface area contributed by atoms with Gasteiger partial charge in [0.05, 0.1) is 24.0 Å². The lowest BCUT2D eigenvalue weighted by Crippen LogP contribution is -2.41. The number of nitrogens with zero attached hydrogens (tertiary/aromatic N) is 3. The van der Waals surface area contributed by atoms with Crippen LogP contribution >= 0.6 is 0 Å². The van der Waals surface area contributed by atoms with Crippen molar-refractivity contribution in [3.63, 3.8) is 0 Å². The van der Waals surface area contributed by atoms with E-state index < -0.39 is 0 Å². The maximum Gasteiger partial charge on any atom is 0.315 e. The lowest BCUT2D eigenvalue weighted by atomic mass is 10.1. The summed E-state index contributed by atoms with van der Waals surface area (Å²) >= 11 is 0. The standard InChI is InChI=1S/C20H29N5O/c1-3-16(4-2)23-20(26)22-14-17-13-19(15-9-11-21-12-10-15)25(24-17)18-7-5-6-8-18/h9-13,16,18H,3-8,14H2,1-2H3,(H2,22,23,26). The molecule has 2 amide bonds. The fourth-order valence-corrected chi connectivity index (χ4v) is 3.60. The Morgan fingerprint density at radius 2 is 1.92 bits per heavy atom. The summed E-state index contributed by atoms with van der Waals surface area (Å²) in [5, 5.41) is 10.8. The van der Waals surface area contributed by atoms with Gasteiger partial charge in [0, 0.05) is 24.0 Å². The molecule has 0 spiro atoms. The molecule has 0 atom stereocenters. The second-order valence-electron chi connectivity index (χ2n) is 6.98. The molecule has 6 heteroatoms. The molecule has 1 saturated carbocycles. The fraction of sp³-hybridized carbons (Fsp3) is 0.550. The minimum absolute atomic E-state index is 0.125. The first-order valence-corrected chi connectivity index (χ1v) is 9.74. The zero-order chi connectivity index (χ0) is 18.4. The van der Waals surface area contributed by atoms with E-state index in [0.717, 1.165) is 29.8 Å². The highest BCUT2D eigenvalue weighted by Gasteiger charge is 2.22. The van der Waals surface area contributed by atoms with Crippen molar-refractivity contribution >= 4 is 6.03 Å². The zero-order valence-electron chi connectivity index (χ0n) is 15.7. The van der Waals surface area contributed by atoms with E-state index in [1.165, 1.54) is 25.7 Å². The van der Waals surface area contributed by atoms with Gasteiger partial charge in [-0.25, -0.2) is 4.79 Å². The van der Waals surface area contributed by atoms with E-state index in [2.05, 4.69) is 40.2 Å². The number of urea groups is 1. The number of hydrogen-bond acceptors (Lipinski definition) is 3. The Labute approximate surface area is 155 Å². The van der Waals surface area contributed by atoms with Crippen molar-refractivity contribution in [3.05, 3.63) is 36.3 Å². The van der Waals surface area contributed by atoms with Crippen molar-refractivity contribution in [3.8, 4) is 11.3 Å². The molecule has 26 heavy (non-hydrogen) atoms. The van der Waals surface area contributed by atoms with Crippen LogP contribution in [0.2, 0.25) is 0 Å². The van der Waals surface area contributed by atoms with E-state index in [4.69, 9.17) is 5.10 Å². The van der Waals surface area contributed by atoms with Gasteiger partial charge in [0.2, 0.25) is 0 Å². The van der Waals surface area contributed by atoms with Crippen LogP contribution in [0, 0.1) is 0 Å². The maximum absolute atomic E-state index is 12.1. The van der Waals surface area contributed by atoms with Crippen LogP contribution in [0.1, 0.15) is 64.1 Å². The third kappa shape index (κ3) is 4.42. The lowest BCUT2D eigenvalue weighted by molar-refractivity contribution is 0.235. The SMILES string of the molecule is CCC(CC)NC(=O)NCc1cc(-c2ccncc2)n(C2CCCC2)n1. The summed E-state index contributed by atoms with van der Waals surface area (Å²) in [6, 6.07) is 6.66. The van der Waals surface area contributed by atoms with Crippen LogP contribution in [-0.4, -0.2) is 26.8 Å². The molecule has 0 radical (unpaired) electrons. The zero-order valence-corrected chi connectivity index (χ0v) is 15.7. The normalized spacial score (nSPS) is 14.7. The van der Waals surface area contributed by atoms with Crippen molar-refractivity contribution in [2.24, 2.45) is 0 Å². The monoisotopic (exact) mass is 355 g/mol. The Morgan fingerprint density at radius 3 is 2.58 bits per heavy atom. The van der Waals surface area contributed by atoms with E-state index in [9.17, 15) is 4.79 Å². The molecular formula is C20H29N5O. The van der Waals surface area contributed by atoms with Gasteiger partial charge in [0.1, 0.15) is 0 Å². The minimum Gasteiger partial charge on any atom is -0.335 e. The molecule has 140 valence electrons. The summed E-state index contributed by atoms with van der Waals surface area (Å²) in [7, 11) is 0. The number of nitrogens with one attached hydrogen (secondary N) is 2. The maximum atomic E-state index is 12.1. The quantitative estimate of drug-likeness (QED) is 0.787. The molecule has 0 aromatic carbocycles. The Balaban J connectivity index is 1.73. The molecule has 1 aliphatic rings. The number of carbonyl (C=O) groups is 1. The first-order valence-electron chi connectivity index (χ1n) is 9.74. The van der Waals surface area contributed by atoms with E-state index >= 15 is 0 Å². The molecule has 0 bridgehead atoms. The Morgan fingerprint density at radius 1 is 1.23 bits per heavy atom. The van der Waals surface area contributed by atoms with Crippen LogP contribution in [0.15, 0.2) is 30.6 Å². The molecule has 3 rings (SSSR count). The number of aromatic nitrogens is 3. The number of amides is 2. The van der Waals surface area contributed by atoms with Crippen molar-refractivity contribution in [1.82, 2.24) is 25.4 Å². The smallest absolute Gasteiger partial charge is 0.315 e. The highest BCUT2D eigenvalue weighted by atomic mass is 16.2. The Hall–Kier alpha value is -2.37. The predicted molar refractivity (Wildman–Crippen MR) is 103 cm³/mol. The summed E-state index contributed by atoms with van der Waals surface area (Å²) < 4.78 is 2.15. The van der Waals surface area contributed by atoms with Gasteiger partial charge < -0.3 is 10.6 Å². The van der Waals surface area contributed by atoms with Crippen LogP contribution in [0.3, 0.4) is 0 Å². The summed E-state index contributed by atoms with van der Waals surface area (Å²) in [4.78, 5) is 16.2. The molecule has 6 nitrogen and oxygen atoms in total. The third-order valence-electron chi connectivity index (χ3n) is 5.18. The topological polar surface area (TPSA) is 71.8 Å². The van der Waals surface area contributed by atoms with Crippen LogP contribution in [-0.2, 0) is 6.54 Å².